The number of carbonyl (C=O) groups is 7. The number of benzene rings is 3. The maximum absolute atomic E-state index is 15.8. The molecule has 0 spiro atoms. The zero-order valence-electron chi connectivity index (χ0n) is 36.2. The topological polar surface area (TPSA) is 270 Å². The molecule has 2 aliphatic heterocycles. The molecule has 3 aromatic heterocycles. The van der Waals surface area contributed by atoms with Crippen LogP contribution in [0.15, 0.2) is 97.6 Å². The number of amides is 7. The van der Waals surface area contributed by atoms with Gasteiger partial charge in [-0.25, -0.2) is 8.78 Å². The molecule has 2 unspecified atom stereocenters. The molecule has 2 atom stereocenters. The number of primary amides is 1. The molecule has 1 saturated heterocycles. The van der Waals surface area contributed by atoms with Crippen LogP contribution in [0.25, 0.3) is 22.2 Å². The average molecular weight is 943 g/mol. The lowest BCUT2D eigenvalue weighted by Gasteiger charge is -2.27. The smallest absolute Gasteiger partial charge is 0.266 e. The fourth-order valence-electron chi connectivity index (χ4n) is 8.05. The van der Waals surface area contributed by atoms with E-state index in [9.17, 15) is 43.1 Å². The Kier molecular flexibility index (Phi) is 12.3. The summed E-state index contributed by atoms with van der Waals surface area (Å²) in [4.78, 5) is 99.8. The number of carbonyl (C=O) groups excluding carboxylic acids is 7. The van der Waals surface area contributed by atoms with Crippen LogP contribution in [0.1, 0.15) is 46.4 Å². The van der Waals surface area contributed by atoms with Gasteiger partial charge in [0.2, 0.25) is 23.6 Å². The number of pyridine rings is 2. The summed E-state index contributed by atoms with van der Waals surface area (Å²) in [6.07, 6.45) is 5.54. The molecular weight excluding hydrogens is 903 g/mol. The van der Waals surface area contributed by atoms with Gasteiger partial charge >= 0.3 is 0 Å². The molecule has 3 aliphatic rings. The second kappa shape index (κ2) is 18.6. The minimum absolute atomic E-state index is 0.00739. The Labute approximate surface area is 389 Å². The minimum Gasteiger partial charge on any atom is -0.483 e. The van der Waals surface area contributed by atoms with Gasteiger partial charge in [0.15, 0.2) is 18.2 Å². The van der Waals surface area contributed by atoms with Crippen molar-refractivity contribution in [3.63, 3.8) is 0 Å². The van der Waals surface area contributed by atoms with Crippen LogP contribution in [0.5, 0.6) is 17.2 Å². The predicted octanol–water partition coefficient (Wildman–Crippen LogP) is 3.00. The van der Waals surface area contributed by atoms with Crippen LogP contribution in [0, 0.1) is 17.0 Å². The lowest BCUT2D eigenvalue weighted by molar-refractivity contribution is -0.136. The average Bonchev–Trinajstić information content (AvgIpc) is 3.96. The number of hydrogen-bond acceptors (Lipinski definition) is 14. The number of nitrogens with two attached hydrogens (primary N) is 1. The molecule has 22 heteroatoms. The highest BCUT2D eigenvalue weighted by Crippen LogP contribution is 2.49. The first kappa shape index (κ1) is 45.6. The van der Waals surface area contributed by atoms with Gasteiger partial charge in [-0.2, -0.15) is 5.10 Å². The van der Waals surface area contributed by atoms with Crippen LogP contribution in [0.4, 0.5) is 20.2 Å². The molecule has 7 amide bonds. The number of fused-ring (bicyclic) bond motifs is 2. The molecule has 3 aromatic carbocycles. The number of rotatable bonds is 17. The van der Waals surface area contributed by atoms with Gasteiger partial charge < -0.3 is 25.6 Å². The highest BCUT2D eigenvalue weighted by Gasteiger charge is 2.57. The van der Waals surface area contributed by atoms with Gasteiger partial charge in [-0.05, 0) is 79.9 Å². The third kappa shape index (κ3) is 9.17. The summed E-state index contributed by atoms with van der Waals surface area (Å²) in [6, 6.07) is 15.2. The fourth-order valence-corrected chi connectivity index (χ4v) is 8.05. The van der Waals surface area contributed by atoms with Gasteiger partial charge in [0, 0.05) is 55.4 Å². The van der Waals surface area contributed by atoms with Crippen molar-refractivity contribution in [2.24, 2.45) is 11.1 Å². The number of aliphatic hydroxyl groups is 1. The number of ether oxygens (including phenoxy) is 2. The van der Waals surface area contributed by atoms with E-state index in [-0.39, 0.29) is 85.1 Å². The molecular formula is C47H40F2N10O10. The Morgan fingerprint density at radius 1 is 0.928 bits per heavy atom. The van der Waals surface area contributed by atoms with Crippen molar-refractivity contribution in [3.8, 4) is 28.5 Å². The third-order valence-electron chi connectivity index (χ3n) is 11.8. The summed E-state index contributed by atoms with van der Waals surface area (Å²) >= 11 is 0. The Balaban J connectivity index is 0.770. The number of imide groups is 2. The van der Waals surface area contributed by atoms with E-state index in [2.05, 4.69) is 31.0 Å². The highest BCUT2D eigenvalue weighted by molar-refractivity contribution is 6.24. The summed E-state index contributed by atoms with van der Waals surface area (Å²) in [5, 5.41) is 23.1. The van der Waals surface area contributed by atoms with E-state index in [0.717, 1.165) is 28.0 Å². The standard InChI is InChI=1S/C47H40F2N10O10/c48-26-4-6-27(7-5-26)58(46(67)47(13-14-47)45(50)66)28-8-10-36(31(49)18-28)69-35-12-15-51-33-19-32(54-21-30(33)35)25-20-55-57(22-25)23-39(61)52-16-17-53-40(62)24-68-37-3-1-2-29-41(37)44(65)59(43(29)64)34-9-11-38(60)56-42(34)63/h1-8,10,12,15,18-22,34,39,52,61H,9,11,13-14,16-17,23-24H2,(H2,50,66)(H,53,62)(H,56,60,63). The molecule has 6 N–H and O–H groups in total. The van der Waals surface area contributed by atoms with E-state index in [4.69, 9.17) is 15.2 Å². The zero-order chi connectivity index (χ0) is 48.6. The zero-order valence-corrected chi connectivity index (χ0v) is 36.2. The van der Waals surface area contributed by atoms with Gasteiger partial charge in [-0.1, -0.05) is 6.07 Å². The van der Waals surface area contributed by atoms with Crippen LogP contribution in [-0.2, 0) is 30.5 Å². The molecule has 5 heterocycles. The molecule has 352 valence electrons. The van der Waals surface area contributed by atoms with Crippen LogP contribution in [0.2, 0.25) is 0 Å². The van der Waals surface area contributed by atoms with Crippen molar-refractivity contribution >= 4 is 63.6 Å². The SMILES string of the molecule is NC(=O)C1(C(=O)N(c2ccc(F)cc2)c2ccc(Oc3ccnc4cc(-c5cnn(CC(O)NCCNC(=O)COc6cccc7c6C(=O)N(C6CCC(=O)NC6=O)C7=O)c5)ncc34)c(F)c2)CC1. The van der Waals surface area contributed by atoms with Crippen LogP contribution in [0.3, 0.4) is 0 Å². The van der Waals surface area contributed by atoms with Crippen molar-refractivity contribution in [1.82, 2.24) is 40.6 Å². The summed E-state index contributed by atoms with van der Waals surface area (Å²) in [6.45, 7) is -0.238. The lowest BCUT2D eigenvalue weighted by Crippen LogP contribution is -2.54. The van der Waals surface area contributed by atoms with Crippen molar-refractivity contribution in [2.45, 2.75) is 44.5 Å². The molecule has 20 nitrogen and oxygen atoms in total. The number of aromatic nitrogens is 4. The molecule has 9 rings (SSSR count). The van der Waals surface area contributed by atoms with E-state index < -0.39 is 77.3 Å². The Morgan fingerprint density at radius 2 is 1.71 bits per heavy atom. The monoisotopic (exact) mass is 942 g/mol. The predicted molar refractivity (Wildman–Crippen MR) is 237 cm³/mol. The molecule has 1 saturated carbocycles. The number of piperidine rings is 1. The second-order valence-corrected chi connectivity index (χ2v) is 16.4. The number of hydrogen-bond donors (Lipinski definition) is 5. The first-order valence-electron chi connectivity index (χ1n) is 21.5. The summed E-state index contributed by atoms with van der Waals surface area (Å²) in [5.74, 6) is -6.07. The van der Waals surface area contributed by atoms with Gasteiger partial charge in [0.05, 0.1) is 46.2 Å². The number of anilines is 2. The van der Waals surface area contributed by atoms with E-state index in [1.54, 1.807) is 18.5 Å². The molecule has 2 fully saturated rings. The quantitative estimate of drug-likeness (QED) is 0.0381. The number of aliphatic hydroxyl groups excluding tert-OH is 1. The van der Waals surface area contributed by atoms with Gasteiger partial charge in [0.25, 0.3) is 17.7 Å². The Hall–Kier alpha value is -8.50. The summed E-state index contributed by atoms with van der Waals surface area (Å²) in [5.41, 5.74) is 5.88. The van der Waals surface area contributed by atoms with Crippen molar-refractivity contribution in [2.75, 3.05) is 24.6 Å². The Bertz CT molecular complexity index is 3090. The molecule has 69 heavy (non-hydrogen) atoms. The first-order chi connectivity index (χ1) is 33.2. The minimum atomic E-state index is -1.44. The maximum Gasteiger partial charge on any atom is 0.266 e. The van der Waals surface area contributed by atoms with E-state index in [1.807, 2.05) is 0 Å². The third-order valence-corrected chi connectivity index (χ3v) is 11.8. The largest absolute Gasteiger partial charge is 0.483 e. The van der Waals surface area contributed by atoms with E-state index >= 15 is 4.39 Å². The fraction of sp³-hybridized carbons (Fsp3) is 0.234. The van der Waals surface area contributed by atoms with Crippen LogP contribution < -0.4 is 36.1 Å². The molecule has 0 radical (unpaired) electrons. The van der Waals surface area contributed by atoms with Gasteiger partial charge in [-0.15, -0.1) is 0 Å². The van der Waals surface area contributed by atoms with Crippen molar-refractivity contribution < 1.29 is 56.9 Å². The summed E-state index contributed by atoms with van der Waals surface area (Å²) < 4.78 is 42.6. The number of nitrogens with zero attached hydrogens (tertiary/aromatic N) is 6. The Morgan fingerprint density at radius 3 is 2.45 bits per heavy atom. The highest BCUT2D eigenvalue weighted by atomic mass is 19.1. The first-order valence-corrected chi connectivity index (χ1v) is 21.5. The second-order valence-electron chi connectivity index (χ2n) is 16.4. The maximum atomic E-state index is 15.8. The van der Waals surface area contributed by atoms with Gasteiger partial charge in [-0.3, -0.25) is 68.6 Å². The van der Waals surface area contributed by atoms with Crippen LogP contribution in [-0.4, -0.2) is 103 Å². The van der Waals surface area contributed by atoms with E-state index in [0.29, 0.717) is 22.2 Å². The lowest BCUT2D eigenvalue weighted by atomic mass is 10.0. The normalized spacial score (nSPS) is 16.4. The van der Waals surface area contributed by atoms with E-state index in [1.165, 1.54) is 65.6 Å². The number of halogens is 2. The molecule has 0 bridgehead atoms. The van der Waals surface area contributed by atoms with Crippen molar-refractivity contribution in [3.05, 3.63) is 120 Å². The van der Waals surface area contributed by atoms with Gasteiger partial charge in [0.1, 0.15) is 35.0 Å². The van der Waals surface area contributed by atoms with Crippen molar-refractivity contribution in [1.29, 1.82) is 0 Å². The molecule has 1 aliphatic carbocycles. The molecule has 6 aromatic rings. The summed E-state index contributed by atoms with van der Waals surface area (Å²) in [7, 11) is 0. The number of nitrogens with one attached hydrogen (secondary N) is 3. The van der Waals surface area contributed by atoms with Crippen LogP contribution >= 0.6 is 0 Å².